The maximum atomic E-state index is 12.2. The van der Waals surface area contributed by atoms with E-state index < -0.39 is 5.91 Å². The van der Waals surface area contributed by atoms with Gasteiger partial charge >= 0.3 is 0 Å². The molecule has 2 amide bonds. The summed E-state index contributed by atoms with van der Waals surface area (Å²) in [6.45, 7) is -0.292. The molecule has 0 fully saturated rings. The van der Waals surface area contributed by atoms with E-state index in [0.717, 1.165) is 25.7 Å². The van der Waals surface area contributed by atoms with Gasteiger partial charge in [-0.25, -0.2) is 0 Å². The molecule has 0 unspecified atom stereocenters. The van der Waals surface area contributed by atoms with Gasteiger partial charge in [0.15, 0.2) is 6.61 Å². The van der Waals surface area contributed by atoms with Crippen LogP contribution in [-0.4, -0.2) is 18.4 Å². The number of hydrogen-bond donors (Lipinski definition) is 2. The second-order valence-corrected chi connectivity index (χ2v) is 7.16. The average molecular weight is 369 g/mol. The molecule has 0 saturated heterocycles. The van der Waals surface area contributed by atoms with Crippen molar-refractivity contribution in [1.82, 2.24) is 10.9 Å². The van der Waals surface area contributed by atoms with E-state index >= 15 is 0 Å². The third kappa shape index (κ3) is 4.41. The molecule has 0 radical (unpaired) electrons. The number of fused-ring (bicyclic) bond motifs is 1. The van der Waals surface area contributed by atoms with Gasteiger partial charge < -0.3 is 4.74 Å². The number of ether oxygens (including phenoxy) is 1. The van der Waals surface area contributed by atoms with Crippen molar-refractivity contribution in [3.8, 4) is 11.8 Å². The van der Waals surface area contributed by atoms with Gasteiger partial charge in [0.05, 0.1) is 10.4 Å². The van der Waals surface area contributed by atoms with Crippen molar-refractivity contribution in [2.75, 3.05) is 6.61 Å². The van der Waals surface area contributed by atoms with Crippen LogP contribution in [0.2, 0.25) is 0 Å². The highest BCUT2D eigenvalue weighted by molar-refractivity contribution is 7.14. The van der Waals surface area contributed by atoms with Crippen LogP contribution in [-0.2, 0) is 17.6 Å². The fourth-order valence-corrected chi connectivity index (χ4v) is 3.98. The predicted octanol–water partition coefficient (Wildman–Crippen LogP) is 2.73. The van der Waals surface area contributed by atoms with Crippen LogP contribution in [0.25, 0.3) is 0 Å². The third-order valence-electron chi connectivity index (χ3n) is 4.15. The van der Waals surface area contributed by atoms with E-state index in [0.29, 0.717) is 16.2 Å². The number of carbonyl (C=O) groups is 2. The number of nitrogens with one attached hydrogen (secondary N) is 2. The Balaban J connectivity index is 1.50. The van der Waals surface area contributed by atoms with Crippen molar-refractivity contribution in [3.63, 3.8) is 0 Å². The zero-order valence-corrected chi connectivity index (χ0v) is 15.0. The number of hydrogen-bond acceptors (Lipinski definition) is 5. The van der Waals surface area contributed by atoms with E-state index in [-0.39, 0.29) is 12.5 Å². The Bertz CT molecular complexity index is 830. The summed E-state index contributed by atoms with van der Waals surface area (Å²) in [5, 5.41) is 8.99. The number of benzene rings is 1. The lowest BCUT2D eigenvalue weighted by Gasteiger charge is -2.09. The highest BCUT2D eigenvalue weighted by Crippen LogP contribution is 2.28. The minimum Gasteiger partial charge on any atom is -0.482 e. The number of carbonyl (C=O) groups excluding carboxylic acids is 2. The topological polar surface area (TPSA) is 91.2 Å². The first-order chi connectivity index (χ1) is 12.7. The molecule has 0 aliphatic heterocycles. The van der Waals surface area contributed by atoms with Crippen LogP contribution in [0, 0.1) is 11.3 Å². The second kappa shape index (κ2) is 8.50. The van der Waals surface area contributed by atoms with Crippen LogP contribution in [0.4, 0.5) is 0 Å². The molecule has 0 spiro atoms. The monoisotopic (exact) mass is 369 g/mol. The summed E-state index contributed by atoms with van der Waals surface area (Å²) in [5.41, 5.74) is 6.36. The number of aryl methyl sites for hydroxylation is 2. The Morgan fingerprint density at radius 1 is 1.15 bits per heavy atom. The Hall–Kier alpha value is -2.85. The van der Waals surface area contributed by atoms with Crippen LogP contribution in [0.1, 0.15) is 44.9 Å². The van der Waals surface area contributed by atoms with Gasteiger partial charge in [0.2, 0.25) is 0 Å². The van der Waals surface area contributed by atoms with E-state index in [9.17, 15) is 9.59 Å². The SMILES string of the molecule is N#Cc1ccccc1OCC(=O)NNC(=O)c1cc2c(s1)CCCCC2. The highest BCUT2D eigenvalue weighted by Gasteiger charge is 2.17. The Labute approximate surface area is 155 Å². The van der Waals surface area contributed by atoms with Gasteiger partial charge in [0.1, 0.15) is 11.8 Å². The number of nitrogens with zero attached hydrogens (tertiary/aromatic N) is 1. The van der Waals surface area contributed by atoms with Crippen molar-refractivity contribution in [2.24, 2.45) is 0 Å². The minimum absolute atomic E-state index is 0.292. The van der Waals surface area contributed by atoms with Crippen LogP contribution < -0.4 is 15.6 Å². The van der Waals surface area contributed by atoms with E-state index in [1.54, 1.807) is 24.3 Å². The quantitative estimate of drug-likeness (QED) is 0.640. The van der Waals surface area contributed by atoms with E-state index in [1.165, 1.54) is 28.2 Å². The zero-order valence-electron chi connectivity index (χ0n) is 14.2. The number of hydrazine groups is 1. The maximum Gasteiger partial charge on any atom is 0.279 e. The predicted molar refractivity (Wildman–Crippen MR) is 97.8 cm³/mol. The standard InChI is InChI=1S/C19H19N3O3S/c20-11-14-7-4-5-8-15(14)25-12-18(23)21-22-19(24)17-10-13-6-2-1-3-9-16(13)26-17/h4-5,7-8,10H,1-3,6,9,12H2,(H,21,23)(H,22,24). The fourth-order valence-electron chi connectivity index (χ4n) is 2.83. The molecule has 2 aromatic rings. The Morgan fingerprint density at radius 3 is 2.81 bits per heavy atom. The molecule has 6 nitrogen and oxygen atoms in total. The summed E-state index contributed by atoms with van der Waals surface area (Å²) in [7, 11) is 0. The van der Waals surface area contributed by atoms with E-state index in [4.69, 9.17) is 10.00 Å². The first-order valence-electron chi connectivity index (χ1n) is 8.50. The molecule has 1 aliphatic rings. The molecular weight excluding hydrogens is 350 g/mol. The van der Waals surface area contributed by atoms with Gasteiger partial charge in [-0.1, -0.05) is 18.6 Å². The molecule has 26 heavy (non-hydrogen) atoms. The summed E-state index contributed by atoms with van der Waals surface area (Å²) >= 11 is 1.49. The summed E-state index contributed by atoms with van der Waals surface area (Å²) in [6, 6.07) is 10.6. The molecule has 0 atom stereocenters. The molecule has 0 saturated carbocycles. The van der Waals surface area contributed by atoms with E-state index in [1.807, 2.05) is 12.1 Å². The first-order valence-corrected chi connectivity index (χ1v) is 9.31. The molecular formula is C19H19N3O3S. The molecule has 1 aliphatic carbocycles. The lowest BCUT2D eigenvalue weighted by atomic mass is 10.1. The smallest absolute Gasteiger partial charge is 0.279 e. The molecule has 1 aromatic heterocycles. The molecule has 1 heterocycles. The number of amides is 2. The molecule has 134 valence electrons. The maximum absolute atomic E-state index is 12.2. The summed E-state index contributed by atoms with van der Waals surface area (Å²) in [6.07, 6.45) is 5.58. The number of rotatable bonds is 4. The summed E-state index contributed by atoms with van der Waals surface area (Å²) < 4.78 is 5.32. The van der Waals surface area contributed by atoms with Crippen molar-refractivity contribution >= 4 is 23.2 Å². The molecule has 0 bridgehead atoms. The van der Waals surface area contributed by atoms with Crippen LogP contribution in [0.5, 0.6) is 5.75 Å². The minimum atomic E-state index is -0.496. The molecule has 1 aromatic carbocycles. The Morgan fingerprint density at radius 2 is 1.96 bits per heavy atom. The second-order valence-electron chi connectivity index (χ2n) is 6.02. The van der Waals surface area contributed by atoms with Crippen molar-refractivity contribution in [3.05, 3.63) is 51.2 Å². The van der Waals surface area contributed by atoms with Gasteiger partial charge in [-0.05, 0) is 49.4 Å². The number of thiophene rings is 1. The largest absolute Gasteiger partial charge is 0.482 e. The summed E-state index contributed by atoms with van der Waals surface area (Å²) in [4.78, 5) is 26.0. The molecule has 3 rings (SSSR count). The van der Waals surface area contributed by atoms with Gasteiger partial charge in [-0.2, -0.15) is 5.26 Å². The van der Waals surface area contributed by atoms with Gasteiger partial charge in [0.25, 0.3) is 11.8 Å². The lowest BCUT2D eigenvalue weighted by molar-refractivity contribution is -0.123. The first kappa shape index (κ1) is 18.0. The fraction of sp³-hybridized carbons (Fsp3) is 0.316. The van der Waals surface area contributed by atoms with Crippen LogP contribution >= 0.6 is 11.3 Å². The van der Waals surface area contributed by atoms with Crippen molar-refractivity contribution in [1.29, 1.82) is 5.26 Å². The lowest BCUT2D eigenvalue weighted by Crippen LogP contribution is -2.43. The van der Waals surface area contributed by atoms with Gasteiger partial charge in [0, 0.05) is 4.88 Å². The Kier molecular flexibility index (Phi) is 5.87. The number of nitriles is 1. The number of para-hydroxylation sites is 1. The highest BCUT2D eigenvalue weighted by atomic mass is 32.1. The summed E-state index contributed by atoms with van der Waals surface area (Å²) in [5.74, 6) is -0.489. The zero-order chi connectivity index (χ0) is 18.4. The van der Waals surface area contributed by atoms with Gasteiger partial charge in [-0.3, -0.25) is 20.4 Å². The molecule has 7 heteroatoms. The average Bonchev–Trinajstić information content (AvgIpc) is 2.95. The third-order valence-corrected chi connectivity index (χ3v) is 5.39. The normalized spacial score (nSPS) is 13.0. The van der Waals surface area contributed by atoms with E-state index in [2.05, 4.69) is 10.9 Å². The molecule has 2 N–H and O–H groups in total. The van der Waals surface area contributed by atoms with Crippen LogP contribution in [0.3, 0.4) is 0 Å². The van der Waals surface area contributed by atoms with Crippen molar-refractivity contribution < 1.29 is 14.3 Å². The van der Waals surface area contributed by atoms with Crippen LogP contribution in [0.15, 0.2) is 30.3 Å². The van der Waals surface area contributed by atoms with Crippen molar-refractivity contribution in [2.45, 2.75) is 32.1 Å². The van der Waals surface area contributed by atoms with Gasteiger partial charge in [-0.15, -0.1) is 11.3 Å².